The number of aromatic nitrogens is 3. The zero-order valence-corrected chi connectivity index (χ0v) is 14.2. The van der Waals surface area contributed by atoms with Crippen LogP contribution in [-0.2, 0) is 13.5 Å². The van der Waals surface area contributed by atoms with Gasteiger partial charge in [0, 0.05) is 37.6 Å². The molecule has 0 aliphatic heterocycles. The molecular weight excluding hydrogens is 310 g/mol. The van der Waals surface area contributed by atoms with Gasteiger partial charge >= 0.3 is 0 Å². The van der Waals surface area contributed by atoms with Crippen LogP contribution in [-0.4, -0.2) is 33.3 Å². The van der Waals surface area contributed by atoms with Crippen LogP contribution in [0.15, 0.2) is 17.6 Å². The second-order valence-corrected chi connectivity index (χ2v) is 6.86. The molecule has 0 atom stereocenters. The zero-order valence-electron chi connectivity index (χ0n) is 13.4. The summed E-state index contributed by atoms with van der Waals surface area (Å²) in [5.74, 6) is -0.117. The highest BCUT2D eigenvalue weighted by Crippen LogP contribution is 2.23. The van der Waals surface area contributed by atoms with Crippen molar-refractivity contribution in [2.45, 2.75) is 44.6 Å². The highest BCUT2D eigenvalue weighted by molar-refractivity contribution is 7.13. The van der Waals surface area contributed by atoms with Crippen LogP contribution in [0.2, 0.25) is 0 Å². The van der Waals surface area contributed by atoms with Gasteiger partial charge in [-0.05, 0) is 18.9 Å². The molecule has 0 saturated heterocycles. The Bertz CT molecular complexity index is 644. The van der Waals surface area contributed by atoms with E-state index in [1.165, 1.54) is 43.4 Å². The summed E-state index contributed by atoms with van der Waals surface area (Å²) in [5, 5.41) is 13.3. The molecule has 124 valence electrons. The van der Waals surface area contributed by atoms with Crippen molar-refractivity contribution in [1.29, 1.82) is 0 Å². The molecule has 1 aliphatic carbocycles. The van der Waals surface area contributed by atoms with E-state index >= 15 is 0 Å². The van der Waals surface area contributed by atoms with E-state index in [9.17, 15) is 4.79 Å². The average molecular weight is 333 g/mol. The molecule has 0 radical (unpaired) electrons. The summed E-state index contributed by atoms with van der Waals surface area (Å²) in [7, 11) is 1.89. The van der Waals surface area contributed by atoms with Crippen molar-refractivity contribution in [3.63, 3.8) is 0 Å². The normalized spacial score (nSPS) is 15.5. The first-order valence-electron chi connectivity index (χ1n) is 8.19. The van der Waals surface area contributed by atoms with E-state index in [0.717, 1.165) is 17.2 Å². The molecule has 0 spiro atoms. The van der Waals surface area contributed by atoms with Crippen LogP contribution in [0.25, 0.3) is 0 Å². The van der Waals surface area contributed by atoms with Crippen LogP contribution in [0.4, 0.5) is 5.13 Å². The molecule has 1 fully saturated rings. The van der Waals surface area contributed by atoms with Gasteiger partial charge in [-0.25, -0.2) is 4.98 Å². The molecule has 23 heavy (non-hydrogen) atoms. The van der Waals surface area contributed by atoms with E-state index < -0.39 is 0 Å². The molecule has 6 nitrogen and oxygen atoms in total. The van der Waals surface area contributed by atoms with Crippen LogP contribution in [0, 0.1) is 0 Å². The largest absolute Gasteiger partial charge is 0.359 e. The number of aryl methyl sites for hydroxylation is 1. The van der Waals surface area contributed by atoms with Gasteiger partial charge in [0.25, 0.3) is 5.91 Å². The second kappa shape index (κ2) is 7.59. The Morgan fingerprint density at radius 3 is 2.96 bits per heavy atom. The smallest absolute Gasteiger partial charge is 0.270 e. The van der Waals surface area contributed by atoms with Crippen LogP contribution in [0.1, 0.15) is 48.3 Å². The van der Waals surface area contributed by atoms with Gasteiger partial charge in [0.1, 0.15) is 5.69 Å². The zero-order chi connectivity index (χ0) is 16.1. The third-order valence-corrected chi connectivity index (χ3v) is 4.88. The number of carbonyl (C=O) groups is 1. The minimum atomic E-state index is -0.117. The first kappa shape index (κ1) is 16.0. The maximum absolute atomic E-state index is 12.1. The predicted molar refractivity (Wildman–Crippen MR) is 91.9 cm³/mol. The number of anilines is 1. The summed E-state index contributed by atoms with van der Waals surface area (Å²) in [4.78, 5) is 16.5. The quantitative estimate of drug-likeness (QED) is 0.852. The summed E-state index contributed by atoms with van der Waals surface area (Å²) < 4.78 is 1.76. The number of hydrogen-bond acceptors (Lipinski definition) is 5. The topological polar surface area (TPSA) is 71.8 Å². The lowest BCUT2D eigenvalue weighted by molar-refractivity contribution is 0.0950. The molecule has 2 heterocycles. The van der Waals surface area contributed by atoms with Crippen LogP contribution >= 0.6 is 11.3 Å². The molecule has 1 aliphatic rings. The van der Waals surface area contributed by atoms with E-state index in [-0.39, 0.29) is 5.91 Å². The molecule has 7 heteroatoms. The fourth-order valence-electron chi connectivity index (χ4n) is 2.86. The second-order valence-electron chi connectivity index (χ2n) is 6.00. The summed E-state index contributed by atoms with van der Waals surface area (Å²) in [6.07, 6.45) is 8.93. The molecule has 1 saturated carbocycles. The Balaban J connectivity index is 1.45. The molecular formula is C16H23N5OS. The van der Waals surface area contributed by atoms with Crippen molar-refractivity contribution in [1.82, 2.24) is 20.1 Å². The minimum Gasteiger partial charge on any atom is -0.359 e. The maximum Gasteiger partial charge on any atom is 0.270 e. The Morgan fingerprint density at radius 2 is 2.22 bits per heavy atom. The molecule has 1 amide bonds. The Hall–Kier alpha value is -1.89. The van der Waals surface area contributed by atoms with Gasteiger partial charge in [-0.15, -0.1) is 11.3 Å². The van der Waals surface area contributed by atoms with Crippen molar-refractivity contribution in [2.24, 2.45) is 7.05 Å². The van der Waals surface area contributed by atoms with Gasteiger partial charge in [-0.3, -0.25) is 9.48 Å². The van der Waals surface area contributed by atoms with E-state index in [2.05, 4.69) is 20.7 Å². The fourth-order valence-corrected chi connectivity index (χ4v) is 3.63. The van der Waals surface area contributed by atoms with Gasteiger partial charge in [0.2, 0.25) is 0 Å². The van der Waals surface area contributed by atoms with Gasteiger partial charge in [0.05, 0.1) is 5.69 Å². The van der Waals surface area contributed by atoms with Gasteiger partial charge < -0.3 is 10.6 Å². The average Bonchev–Trinajstić information content (AvgIpc) is 3.18. The van der Waals surface area contributed by atoms with Gasteiger partial charge in [-0.1, -0.05) is 19.3 Å². The van der Waals surface area contributed by atoms with Crippen molar-refractivity contribution < 1.29 is 4.79 Å². The monoisotopic (exact) mass is 333 g/mol. The number of nitrogens with zero attached hydrogens (tertiary/aromatic N) is 3. The number of carbonyl (C=O) groups excluding carboxylic acids is 1. The highest BCUT2D eigenvalue weighted by Gasteiger charge is 2.16. The van der Waals surface area contributed by atoms with Crippen LogP contribution < -0.4 is 10.6 Å². The van der Waals surface area contributed by atoms with E-state index in [0.29, 0.717) is 18.3 Å². The lowest BCUT2D eigenvalue weighted by atomic mass is 9.96. The summed E-state index contributed by atoms with van der Waals surface area (Å²) >= 11 is 1.51. The third kappa shape index (κ3) is 4.54. The number of amides is 1. The molecule has 2 N–H and O–H groups in total. The first-order valence-corrected chi connectivity index (χ1v) is 9.07. The van der Waals surface area contributed by atoms with Crippen LogP contribution in [0.5, 0.6) is 0 Å². The van der Waals surface area contributed by atoms with E-state index in [1.807, 2.05) is 24.7 Å². The first-order chi connectivity index (χ1) is 11.2. The predicted octanol–water partition coefficient (Wildman–Crippen LogP) is 2.59. The number of rotatable bonds is 6. The minimum absolute atomic E-state index is 0.117. The lowest BCUT2D eigenvalue weighted by Crippen LogP contribution is -2.26. The Labute approximate surface area is 140 Å². The summed E-state index contributed by atoms with van der Waals surface area (Å²) in [6, 6.07) is 2.47. The Morgan fingerprint density at radius 1 is 1.39 bits per heavy atom. The molecule has 2 aromatic rings. The molecule has 0 aromatic carbocycles. The van der Waals surface area contributed by atoms with E-state index in [1.54, 1.807) is 4.68 Å². The number of nitrogens with one attached hydrogen (secondary N) is 2. The highest BCUT2D eigenvalue weighted by atomic mass is 32.1. The van der Waals surface area contributed by atoms with Crippen molar-refractivity contribution in [3.8, 4) is 0 Å². The van der Waals surface area contributed by atoms with Gasteiger partial charge in [0.15, 0.2) is 5.13 Å². The van der Waals surface area contributed by atoms with Crippen LogP contribution in [0.3, 0.4) is 0 Å². The van der Waals surface area contributed by atoms with Gasteiger partial charge in [-0.2, -0.15) is 5.10 Å². The number of hydrogen-bond donors (Lipinski definition) is 2. The standard InChI is InChI=1S/C16H23N5OS/c1-21-10-8-13(20-21)7-9-17-15(22)14-11-23-16(19-14)18-12-5-3-2-4-6-12/h8,10-12H,2-7,9H2,1H3,(H,17,22)(H,18,19). The maximum atomic E-state index is 12.1. The number of thiazole rings is 1. The molecule has 0 unspecified atom stereocenters. The van der Waals surface area contributed by atoms with E-state index in [4.69, 9.17) is 0 Å². The summed E-state index contributed by atoms with van der Waals surface area (Å²) in [5.41, 5.74) is 1.47. The molecule has 2 aromatic heterocycles. The Kier molecular flexibility index (Phi) is 5.27. The summed E-state index contributed by atoms with van der Waals surface area (Å²) in [6.45, 7) is 0.568. The van der Waals surface area contributed by atoms with Crippen molar-refractivity contribution in [2.75, 3.05) is 11.9 Å². The third-order valence-electron chi connectivity index (χ3n) is 4.11. The SMILES string of the molecule is Cn1ccc(CCNC(=O)c2csc(NC3CCCCC3)n2)n1. The fraction of sp³-hybridized carbons (Fsp3) is 0.562. The van der Waals surface area contributed by atoms with Crippen molar-refractivity contribution >= 4 is 22.4 Å². The molecule has 0 bridgehead atoms. The van der Waals surface area contributed by atoms with Crippen molar-refractivity contribution in [3.05, 3.63) is 29.0 Å². The lowest BCUT2D eigenvalue weighted by Gasteiger charge is -2.22. The molecule has 3 rings (SSSR count).